The van der Waals surface area contributed by atoms with E-state index in [4.69, 9.17) is 9.47 Å². The zero-order valence-electron chi connectivity index (χ0n) is 28.8. The molecule has 8 unspecified atom stereocenters. The summed E-state index contributed by atoms with van der Waals surface area (Å²) < 4.78 is 11.9. The van der Waals surface area contributed by atoms with Gasteiger partial charge in [0.2, 0.25) is 0 Å². The Labute approximate surface area is 282 Å². The van der Waals surface area contributed by atoms with Gasteiger partial charge in [0.05, 0.1) is 12.7 Å². The molecule has 2 saturated carbocycles. The maximum absolute atomic E-state index is 13.0. The van der Waals surface area contributed by atoms with Crippen molar-refractivity contribution >= 4 is 27.9 Å². The summed E-state index contributed by atoms with van der Waals surface area (Å²) in [6.07, 6.45) is 20.3. The highest BCUT2D eigenvalue weighted by atomic mass is 79.9. The number of halogens is 1. The summed E-state index contributed by atoms with van der Waals surface area (Å²) in [4.78, 5) is 25.2. The molecule has 0 radical (unpaired) electrons. The molecule has 0 aromatic rings. The molecular formula is C38H63BrO6. The number of ether oxygens (including phenoxy) is 2. The lowest BCUT2D eigenvalue weighted by atomic mass is 9.52. The summed E-state index contributed by atoms with van der Waals surface area (Å²) >= 11 is 3.67. The number of hydrogen-bond acceptors (Lipinski definition) is 6. The molecule has 7 heteroatoms. The molecule has 0 spiro atoms. The Kier molecular flexibility index (Phi) is 15.6. The number of esters is 2. The van der Waals surface area contributed by atoms with Gasteiger partial charge in [-0.2, -0.15) is 0 Å². The molecule has 3 aliphatic rings. The van der Waals surface area contributed by atoms with Crippen LogP contribution in [0.25, 0.3) is 0 Å². The van der Waals surface area contributed by atoms with E-state index in [1.54, 1.807) is 0 Å². The monoisotopic (exact) mass is 694 g/mol. The van der Waals surface area contributed by atoms with Crippen molar-refractivity contribution in [3.63, 3.8) is 0 Å². The van der Waals surface area contributed by atoms with Crippen LogP contribution in [0.4, 0.5) is 0 Å². The molecule has 0 amide bonds. The predicted molar refractivity (Wildman–Crippen MR) is 185 cm³/mol. The molecule has 2 N–H and O–H groups in total. The van der Waals surface area contributed by atoms with E-state index in [0.717, 1.165) is 37.7 Å². The molecular weight excluding hydrogens is 632 g/mol. The Morgan fingerprint density at radius 1 is 0.956 bits per heavy atom. The minimum atomic E-state index is -0.579. The third-order valence-corrected chi connectivity index (χ3v) is 12.6. The van der Waals surface area contributed by atoms with Crippen LogP contribution in [0.3, 0.4) is 0 Å². The SMILES string of the molecule is C=C1CC(OC(=O)CCCCCCCCCCCCCCC)C(OC(C)=O)CC2(C)C3=CCC(C)(C(Br)CO)CC3C(O)CC12. The van der Waals surface area contributed by atoms with Crippen LogP contribution in [-0.2, 0) is 19.1 Å². The lowest BCUT2D eigenvalue weighted by Crippen LogP contribution is -2.50. The van der Waals surface area contributed by atoms with E-state index >= 15 is 0 Å². The second kappa shape index (κ2) is 18.4. The van der Waals surface area contributed by atoms with Crippen LogP contribution in [0, 0.1) is 22.7 Å². The summed E-state index contributed by atoms with van der Waals surface area (Å²) in [7, 11) is 0. The quantitative estimate of drug-likeness (QED) is 0.0643. The first-order chi connectivity index (χ1) is 21.4. The number of aliphatic hydroxyl groups is 2. The highest BCUT2D eigenvalue weighted by Crippen LogP contribution is 2.60. The van der Waals surface area contributed by atoms with Crippen molar-refractivity contribution in [1.29, 1.82) is 0 Å². The van der Waals surface area contributed by atoms with E-state index in [-0.39, 0.29) is 46.0 Å². The normalized spacial score (nSPS) is 32.1. The molecule has 3 rings (SSSR count). The van der Waals surface area contributed by atoms with E-state index in [0.29, 0.717) is 25.7 Å². The number of aliphatic hydroxyl groups excluding tert-OH is 2. The van der Waals surface area contributed by atoms with E-state index < -0.39 is 18.3 Å². The minimum Gasteiger partial charge on any atom is -0.459 e. The smallest absolute Gasteiger partial charge is 0.306 e. The van der Waals surface area contributed by atoms with Crippen LogP contribution in [0.2, 0.25) is 0 Å². The first kappa shape index (κ1) is 38.3. The summed E-state index contributed by atoms with van der Waals surface area (Å²) in [5, 5.41) is 21.3. The van der Waals surface area contributed by atoms with Crippen LogP contribution in [-0.4, -0.2) is 51.9 Å². The van der Waals surface area contributed by atoms with Crippen LogP contribution >= 0.6 is 15.9 Å². The van der Waals surface area contributed by atoms with Crippen molar-refractivity contribution in [3.05, 3.63) is 23.8 Å². The maximum atomic E-state index is 13.0. The number of rotatable bonds is 18. The van der Waals surface area contributed by atoms with Crippen molar-refractivity contribution in [1.82, 2.24) is 0 Å². The predicted octanol–water partition coefficient (Wildman–Crippen LogP) is 9.15. The number of hydrogen-bond donors (Lipinski definition) is 2. The van der Waals surface area contributed by atoms with Gasteiger partial charge in [-0.1, -0.05) is 138 Å². The largest absolute Gasteiger partial charge is 0.459 e. The second-order valence-corrected chi connectivity index (χ2v) is 16.1. The van der Waals surface area contributed by atoms with Crippen molar-refractivity contribution in [3.8, 4) is 0 Å². The molecule has 258 valence electrons. The lowest BCUT2D eigenvalue weighted by Gasteiger charge is -2.54. The summed E-state index contributed by atoms with van der Waals surface area (Å²) in [6.45, 7) is 12.5. The third kappa shape index (κ3) is 10.7. The second-order valence-electron chi connectivity index (χ2n) is 15.0. The van der Waals surface area contributed by atoms with Gasteiger partial charge < -0.3 is 19.7 Å². The molecule has 0 heterocycles. The van der Waals surface area contributed by atoms with E-state index in [1.807, 2.05) is 0 Å². The molecule has 0 saturated heterocycles. The molecule has 45 heavy (non-hydrogen) atoms. The van der Waals surface area contributed by atoms with Gasteiger partial charge in [0.25, 0.3) is 0 Å². The molecule has 0 aromatic carbocycles. The van der Waals surface area contributed by atoms with Gasteiger partial charge in [0.15, 0.2) is 0 Å². The molecule has 6 nitrogen and oxygen atoms in total. The highest BCUT2D eigenvalue weighted by Gasteiger charge is 2.56. The summed E-state index contributed by atoms with van der Waals surface area (Å²) in [6, 6.07) is 0. The van der Waals surface area contributed by atoms with E-state index in [2.05, 4.69) is 49.4 Å². The van der Waals surface area contributed by atoms with Gasteiger partial charge in [-0.3, -0.25) is 9.59 Å². The Morgan fingerprint density at radius 2 is 1.53 bits per heavy atom. The van der Waals surface area contributed by atoms with Gasteiger partial charge in [0, 0.05) is 30.5 Å². The van der Waals surface area contributed by atoms with Crippen LogP contribution in [0.5, 0.6) is 0 Å². The summed E-state index contributed by atoms with van der Waals surface area (Å²) in [5.74, 6) is -0.661. The van der Waals surface area contributed by atoms with Crippen LogP contribution < -0.4 is 0 Å². The zero-order valence-corrected chi connectivity index (χ0v) is 30.4. The van der Waals surface area contributed by atoms with Crippen LogP contribution in [0.1, 0.15) is 150 Å². The Hall–Kier alpha value is -1.18. The van der Waals surface area contributed by atoms with Gasteiger partial charge >= 0.3 is 11.9 Å². The fourth-order valence-corrected chi connectivity index (χ4v) is 8.83. The number of alkyl halides is 1. The molecule has 0 aliphatic heterocycles. The lowest BCUT2D eigenvalue weighted by molar-refractivity contribution is -0.168. The topological polar surface area (TPSA) is 93.1 Å². The molecule has 8 atom stereocenters. The zero-order chi connectivity index (χ0) is 33.0. The average molecular weight is 696 g/mol. The van der Waals surface area contributed by atoms with Crippen molar-refractivity contribution in [2.75, 3.05) is 6.61 Å². The highest BCUT2D eigenvalue weighted by molar-refractivity contribution is 9.09. The fraction of sp³-hybridized carbons (Fsp3) is 0.842. The number of unbranched alkanes of at least 4 members (excludes halogenated alkanes) is 12. The Balaban J connectivity index is 1.54. The Bertz CT molecular complexity index is 995. The van der Waals surface area contributed by atoms with Gasteiger partial charge in [-0.25, -0.2) is 0 Å². The Morgan fingerprint density at radius 3 is 2.09 bits per heavy atom. The fourth-order valence-electron chi connectivity index (χ4n) is 8.46. The van der Waals surface area contributed by atoms with E-state index in [1.165, 1.54) is 76.7 Å². The first-order valence-corrected chi connectivity index (χ1v) is 19.0. The maximum Gasteiger partial charge on any atom is 0.306 e. The first-order valence-electron chi connectivity index (χ1n) is 18.1. The van der Waals surface area contributed by atoms with Gasteiger partial charge in [-0.05, 0) is 48.9 Å². The average Bonchev–Trinajstić information content (AvgIpc) is 3.08. The summed E-state index contributed by atoms with van der Waals surface area (Å²) in [5.41, 5.74) is 1.60. The minimum absolute atomic E-state index is 0.000201. The number of fused-ring (bicyclic) bond motifs is 3. The number of carbonyl (C=O) groups excluding carboxylic acids is 2. The van der Waals surface area contributed by atoms with Crippen molar-refractivity contribution in [2.24, 2.45) is 22.7 Å². The van der Waals surface area contributed by atoms with Gasteiger partial charge in [-0.15, -0.1) is 0 Å². The van der Waals surface area contributed by atoms with Crippen molar-refractivity contribution < 1.29 is 29.3 Å². The van der Waals surface area contributed by atoms with Crippen LogP contribution in [0.15, 0.2) is 23.8 Å². The number of allylic oxidation sites excluding steroid dienone is 1. The molecule has 0 bridgehead atoms. The van der Waals surface area contributed by atoms with E-state index in [9.17, 15) is 19.8 Å². The molecule has 3 aliphatic carbocycles. The number of carbonyl (C=O) groups is 2. The van der Waals surface area contributed by atoms with Crippen molar-refractivity contribution in [2.45, 2.75) is 173 Å². The molecule has 2 fully saturated rings. The third-order valence-electron chi connectivity index (χ3n) is 11.2. The standard InChI is InChI=1S/C38H63BrO6/c1-6-7-8-9-10-11-12-13-14-15-16-17-18-19-36(43)45-33-22-27(2)31-23-32(42)29-24-37(4,35(39)26-40)21-20-30(29)38(31,5)25-34(33)44-28(3)41/h20,29,31-35,40,42H,2,6-19,21-26H2,1,3-5H3. The molecule has 0 aromatic heterocycles. The van der Waals surface area contributed by atoms with Gasteiger partial charge in [0.1, 0.15) is 12.2 Å².